The minimum atomic E-state index is -0.990. The van der Waals surface area contributed by atoms with Gasteiger partial charge in [0.2, 0.25) is 0 Å². The maximum Gasteiger partial charge on any atom is 0.120 e. The van der Waals surface area contributed by atoms with Crippen LogP contribution >= 0.6 is 0 Å². The number of nitrogens with zero attached hydrogens (tertiary/aromatic N) is 3. The van der Waals surface area contributed by atoms with E-state index in [1.807, 2.05) is 36.0 Å². The molecule has 1 aromatic heterocycles. The third kappa shape index (κ3) is 4.91. The number of rotatable bonds is 3. The van der Waals surface area contributed by atoms with E-state index in [1.165, 1.54) is 6.42 Å². The average Bonchev–Trinajstić information content (AvgIpc) is 3.01. The van der Waals surface area contributed by atoms with E-state index in [0.717, 1.165) is 48.4 Å². The molecule has 0 bridgehead atoms. The summed E-state index contributed by atoms with van der Waals surface area (Å²) in [5.41, 5.74) is 2.88. The van der Waals surface area contributed by atoms with E-state index in [2.05, 4.69) is 22.2 Å². The summed E-state index contributed by atoms with van der Waals surface area (Å²) in [4.78, 5) is 0. The van der Waals surface area contributed by atoms with Crippen molar-refractivity contribution < 1.29 is 9.84 Å². The van der Waals surface area contributed by atoms with Gasteiger partial charge in [0.1, 0.15) is 11.3 Å². The van der Waals surface area contributed by atoms with E-state index in [4.69, 9.17) is 4.74 Å². The zero-order valence-corrected chi connectivity index (χ0v) is 15.1. The fraction of sp³-hybridized carbons (Fsp3) is 0.500. The van der Waals surface area contributed by atoms with Crippen LogP contribution in [-0.4, -0.2) is 38.4 Å². The van der Waals surface area contributed by atoms with Gasteiger partial charge in [-0.2, -0.15) is 0 Å². The van der Waals surface area contributed by atoms with Crippen molar-refractivity contribution in [2.24, 2.45) is 0 Å². The van der Waals surface area contributed by atoms with Crippen LogP contribution in [0, 0.1) is 18.8 Å². The van der Waals surface area contributed by atoms with Crippen LogP contribution < -0.4 is 0 Å². The standard InChI is InChI=1S/C20H25N3O2/c1-15-12-16(9-10-20(2,3)24)7-8-18(15)19-14-23(22-21-19)13-17-6-4-5-11-25-17/h7-8,12,14,17,24H,4-6,11,13H2,1-3H3/t17-/m1/s1. The normalized spacial score (nSPS) is 17.8. The van der Waals surface area contributed by atoms with Gasteiger partial charge in [0, 0.05) is 17.7 Å². The van der Waals surface area contributed by atoms with E-state index in [0.29, 0.717) is 0 Å². The molecule has 0 amide bonds. The Bertz CT molecular complexity index is 787. The molecule has 1 aliphatic rings. The van der Waals surface area contributed by atoms with Crippen molar-refractivity contribution in [1.29, 1.82) is 0 Å². The summed E-state index contributed by atoms with van der Waals surface area (Å²) in [7, 11) is 0. The molecule has 2 aromatic rings. The van der Waals surface area contributed by atoms with Crippen LogP contribution in [-0.2, 0) is 11.3 Å². The first-order valence-corrected chi connectivity index (χ1v) is 8.79. The highest BCUT2D eigenvalue weighted by Crippen LogP contribution is 2.22. The average molecular weight is 339 g/mol. The third-order valence-corrected chi connectivity index (χ3v) is 4.22. The minimum Gasteiger partial charge on any atom is -0.378 e. The zero-order valence-electron chi connectivity index (χ0n) is 15.1. The van der Waals surface area contributed by atoms with E-state index >= 15 is 0 Å². The second-order valence-corrected chi connectivity index (χ2v) is 7.15. The Morgan fingerprint density at radius 2 is 2.20 bits per heavy atom. The smallest absolute Gasteiger partial charge is 0.120 e. The summed E-state index contributed by atoms with van der Waals surface area (Å²) in [6.45, 7) is 6.98. The number of aromatic nitrogens is 3. The third-order valence-electron chi connectivity index (χ3n) is 4.22. The fourth-order valence-electron chi connectivity index (χ4n) is 2.93. The number of aliphatic hydroxyl groups is 1. The van der Waals surface area contributed by atoms with Crippen LogP contribution in [0.3, 0.4) is 0 Å². The summed E-state index contributed by atoms with van der Waals surface area (Å²) < 4.78 is 7.63. The van der Waals surface area contributed by atoms with Crippen molar-refractivity contribution in [1.82, 2.24) is 15.0 Å². The van der Waals surface area contributed by atoms with Gasteiger partial charge in [0.25, 0.3) is 0 Å². The molecule has 1 fully saturated rings. The van der Waals surface area contributed by atoms with Crippen LogP contribution in [0.2, 0.25) is 0 Å². The maximum atomic E-state index is 9.71. The van der Waals surface area contributed by atoms with Crippen LogP contribution in [0.1, 0.15) is 44.2 Å². The molecular weight excluding hydrogens is 314 g/mol. The Hall–Kier alpha value is -2.16. The largest absolute Gasteiger partial charge is 0.378 e. The lowest BCUT2D eigenvalue weighted by atomic mass is 10.0. The van der Waals surface area contributed by atoms with Gasteiger partial charge in [0.15, 0.2) is 0 Å². The molecule has 0 aliphatic carbocycles. The highest BCUT2D eigenvalue weighted by atomic mass is 16.5. The van der Waals surface area contributed by atoms with Gasteiger partial charge in [-0.15, -0.1) is 5.10 Å². The Balaban J connectivity index is 1.74. The summed E-state index contributed by atoms with van der Waals surface area (Å²) in [6.07, 6.45) is 5.67. The van der Waals surface area contributed by atoms with Gasteiger partial charge >= 0.3 is 0 Å². The van der Waals surface area contributed by atoms with Crippen LogP contribution in [0.5, 0.6) is 0 Å². The number of benzene rings is 1. The lowest BCUT2D eigenvalue weighted by Crippen LogP contribution is -2.24. The zero-order chi connectivity index (χ0) is 17.9. The molecule has 3 rings (SSSR count). The number of aryl methyl sites for hydroxylation is 1. The number of hydrogen-bond donors (Lipinski definition) is 1. The van der Waals surface area contributed by atoms with Crippen LogP contribution in [0.4, 0.5) is 0 Å². The Kier molecular flexibility index (Phi) is 5.22. The molecule has 1 N–H and O–H groups in total. The SMILES string of the molecule is Cc1cc(C#CC(C)(C)O)ccc1-c1cn(C[C@H]2CCCCO2)nn1. The van der Waals surface area contributed by atoms with Gasteiger partial charge in [-0.3, -0.25) is 0 Å². The molecule has 5 heteroatoms. The van der Waals surface area contributed by atoms with Gasteiger partial charge < -0.3 is 9.84 Å². The van der Waals surface area contributed by atoms with Crippen LogP contribution in [0.25, 0.3) is 11.3 Å². The predicted molar refractivity (Wildman–Crippen MR) is 97.0 cm³/mol. The summed E-state index contributed by atoms with van der Waals surface area (Å²) in [5, 5.41) is 18.3. The first kappa shape index (κ1) is 17.7. The molecule has 1 aromatic carbocycles. The van der Waals surface area contributed by atoms with Crippen molar-refractivity contribution in [3.8, 4) is 23.1 Å². The molecule has 25 heavy (non-hydrogen) atoms. The lowest BCUT2D eigenvalue weighted by Gasteiger charge is -2.21. The topological polar surface area (TPSA) is 60.2 Å². The van der Waals surface area contributed by atoms with Crippen molar-refractivity contribution in [2.75, 3.05) is 6.61 Å². The van der Waals surface area contributed by atoms with Crippen molar-refractivity contribution >= 4 is 0 Å². The van der Waals surface area contributed by atoms with E-state index < -0.39 is 5.60 Å². The summed E-state index contributed by atoms with van der Waals surface area (Å²) in [5.74, 6) is 5.84. The number of hydrogen-bond acceptors (Lipinski definition) is 4. The van der Waals surface area contributed by atoms with Crippen molar-refractivity contribution in [3.63, 3.8) is 0 Å². The van der Waals surface area contributed by atoms with Gasteiger partial charge in [-0.25, -0.2) is 4.68 Å². The first-order chi connectivity index (χ1) is 11.9. The number of ether oxygens (including phenoxy) is 1. The molecule has 0 radical (unpaired) electrons. The quantitative estimate of drug-likeness (QED) is 0.874. The van der Waals surface area contributed by atoms with E-state index in [-0.39, 0.29) is 6.10 Å². The monoisotopic (exact) mass is 339 g/mol. The van der Waals surface area contributed by atoms with Gasteiger partial charge in [0.05, 0.1) is 18.8 Å². The first-order valence-electron chi connectivity index (χ1n) is 8.79. The van der Waals surface area contributed by atoms with Crippen LogP contribution in [0.15, 0.2) is 24.4 Å². The lowest BCUT2D eigenvalue weighted by molar-refractivity contribution is 0.00370. The second-order valence-electron chi connectivity index (χ2n) is 7.15. The molecule has 1 saturated heterocycles. The summed E-state index contributed by atoms with van der Waals surface area (Å²) in [6, 6.07) is 5.97. The summed E-state index contributed by atoms with van der Waals surface area (Å²) >= 11 is 0. The highest BCUT2D eigenvalue weighted by molar-refractivity contribution is 5.64. The molecular formula is C20H25N3O2. The Morgan fingerprint density at radius 3 is 2.88 bits per heavy atom. The predicted octanol–water partition coefficient (Wildman–Crippen LogP) is 2.95. The van der Waals surface area contributed by atoms with Crippen molar-refractivity contribution in [2.45, 2.75) is 58.3 Å². The van der Waals surface area contributed by atoms with E-state index in [1.54, 1.807) is 13.8 Å². The fourth-order valence-corrected chi connectivity index (χ4v) is 2.93. The molecule has 132 valence electrons. The Labute approximate surface area is 149 Å². The van der Waals surface area contributed by atoms with Gasteiger partial charge in [-0.1, -0.05) is 23.1 Å². The molecule has 5 nitrogen and oxygen atoms in total. The molecule has 0 spiro atoms. The maximum absolute atomic E-state index is 9.71. The highest BCUT2D eigenvalue weighted by Gasteiger charge is 2.16. The minimum absolute atomic E-state index is 0.240. The van der Waals surface area contributed by atoms with E-state index in [9.17, 15) is 5.11 Å². The second kappa shape index (κ2) is 7.38. The molecule has 1 aliphatic heterocycles. The molecule has 1 atom stereocenters. The molecule has 2 heterocycles. The van der Waals surface area contributed by atoms with Gasteiger partial charge in [-0.05, 0) is 57.7 Å². The Morgan fingerprint density at radius 1 is 1.36 bits per heavy atom. The van der Waals surface area contributed by atoms with Crippen molar-refractivity contribution in [3.05, 3.63) is 35.5 Å². The molecule has 0 unspecified atom stereocenters. The molecule has 0 saturated carbocycles.